The summed E-state index contributed by atoms with van der Waals surface area (Å²) in [7, 11) is -14.6. The SMILES string of the molecule is Cc1ccc(S(=O)(=O)N2CCCNCCNCCCNCC2(S(=O)(=O)c2ccc(C)cc2)S(=O)(=O)c2ccc(C)cc2)cc1.O. The number of rotatable bonds is 6. The fourth-order valence-corrected chi connectivity index (χ4v) is 12.6. The first-order chi connectivity index (χ1) is 20.8. The maximum absolute atomic E-state index is 15.0. The summed E-state index contributed by atoms with van der Waals surface area (Å²) in [5, 5.41) is 9.58. The van der Waals surface area contributed by atoms with Gasteiger partial charge in [0, 0.05) is 26.2 Å². The third kappa shape index (κ3) is 7.66. The molecule has 0 aliphatic carbocycles. The zero-order chi connectivity index (χ0) is 32.0. The average Bonchev–Trinajstić information content (AvgIpc) is 2.98. The molecular weight excluding hydrogens is 637 g/mol. The van der Waals surface area contributed by atoms with Crippen LogP contribution >= 0.6 is 0 Å². The van der Waals surface area contributed by atoms with Crippen LogP contribution in [0.15, 0.2) is 87.5 Å². The second kappa shape index (κ2) is 15.3. The summed E-state index contributed by atoms with van der Waals surface area (Å²) in [5.41, 5.74) is 2.34. The number of sulfonamides is 1. The molecule has 45 heavy (non-hydrogen) atoms. The Morgan fingerprint density at radius 3 is 1.36 bits per heavy atom. The van der Waals surface area contributed by atoms with Gasteiger partial charge in [0.05, 0.1) is 14.7 Å². The molecule has 0 aromatic heterocycles. The molecule has 11 nitrogen and oxygen atoms in total. The van der Waals surface area contributed by atoms with Crippen LogP contribution in [0.25, 0.3) is 0 Å². The molecule has 1 aliphatic rings. The summed E-state index contributed by atoms with van der Waals surface area (Å²) in [4.78, 5) is -0.764. The van der Waals surface area contributed by atoms with Gasteiger partial charge in [0.25, 0.3) is 4.20 Å². The Kier molecular flexibility index (Phi) is 12.5. The maximum atomic E-state index is 15.0. The molecule has 3 aromatic rings. The van der Waals surface area contributed by atoms with Crippen molar-refractivity contribution in [2.24, 2.45) is 0 Å². The van der Waals surface area contributed by atoms with Gasteiger partial charge in [0.15, 0.2) is 0 Å². The fraction of sp³-hybridized carbons (Fsp3) is 0.419. The van der Waals surface area contributed by atoms with E-state index in [2.05, 4.69) is 16.0 Å². The molecule has 5 N–H and O–H groups in total. The van der Waals surface area contributed by atoms with Crippen LogP contribution in [0.1, 0.15) is 29.5 Å². The second-order valence-electron chi connectivity index (χ2n) is 11.1. The van der Waals surface area contributed by atoms with E-state index in [1.54, 1.807) is 57.2 Å². The number of sulfone groups is 2. The molecule has 0 amide bonds. The van der Waals surface area contributed by atoms with Crippen molar-refractivity contribution in [2.75, 3.05) is 45.8 Å². The van der Waals surface area contributed by atoms with Gasteiger partial charge in [-0.3, -0.25) is 0 Å². The minimum atomic E-state index is -4.95. The van der Waals surface area contributed by atoms with E-state index in [0.717, 1.165) is 16.7 Å². The second-order valence-corrected chi connectivity index (χ2v) is 17.5. The highest BCUT2D eigenvalue weighted by molar-refractivity contribution is 8.11. The lowest BCUT2D eigenvalue weighted by molar-refractivity contribution is 0.317. The normalized spacial score (nSPS) is 17.9. The van der Waals surface area contributed by atoms with Gasteiger partial charge in [-0.1, -0.05) is 53.1 Å². The molecule has 1 aliphatic heterocycles. The van der Waals surface area contributed by atoms with Gasteiger partial charge >= 0.3 is 0 Å². The summed E-state index contributed by atoms with van der Waals surface area (Å²) in [6, 6.07) is 17.6. The minimum Gasteiger partial charge on any atom is -0.412 e. The molecule has 0 unspecified atom stereocenters. The number of hydrogen-bond donors (Lipinski definition) is 3. The van der Waals surface area contributed by atoms with Crippen LogP contribution in [0.5, 0.6) is 0 Å². The molecule has 4 rings (SSSR count). The lowest BCUT2D eigenvalue weighted by atomic mass is 10.2. The Balaban J connectivity index is 0.00000552. The number of nitrogens with one attached hydrogen (secondary N) is 3. The van der Waals surface area contributed by atoms with Crippen molar-refractivity contribution in [3.05, 3.63) is 89.5 Å². The molecule has 14 heteroatoms. The van der Waals surface area contributed by atoms with Crippen molar-refractivity contribution in [2.45, 2.75) is 52.5 Å². The highest BCUT2D eigenvalue weighted by atomic mass is 32.3. The maximum Gasteiger partial charge on any atom is 0.260 e. The van der Waals surface area contributed by atoms with E-state index >= 15 is 16.8 Å². The van der Waals surface area contributed by atoms with Crippen molar-refractivity contribution in [3.63, 3.8) is 0 Å². The van der Waals surface area contributed by atoms with Gasteiger partial charge in [0.2, 0.25) is 29.7 Å². The van der Waals surface area contributed by atoms with Crippen LogP contribution in [-0.2, 0) is 29.7 Å². The Hall–Kier alpha value is -2.69. The summed E-state index contributed by atoms with van der Waals surface area (Å²) in [6.07, 6.45) is 0.732. The van der Waals surface area contributed by atoms with E-state index in [1.807, 2.05) is 0 Å². The van der Waals surface area contributed by atoms with Crippen molar-refractivity contribution in [1.29, 1.82) is 0 Å². The summed E-state index contributed by atoms with van der Waals surface area (Å²) in [6.45, 7) is 6.87. The first-order valence-corrected chi connectivity index (χ1v) is 19.1. The Labute approximate surface area is 267 Å². The van der Waals surface area contributed by atoms with Crippen LogP contribution in [0.3, 0.4) is 0 Å². The smallest absolute Gasteiger partial charge is 0.260 e. The molecular formula is C31H44N4O7S3. The van der Waals surface area contributed by atoms with E-state index in [-0.39, 0.29) is 39.7 Å². The van der Waals surface area contributed by atoms with Crippen LogP contribution in [0.4, 0.5) is 0 Å². The first kappa shape index (κ1) is 36.8. The molecule has 248 valence electrons. The number of benzene rings is 3. The highest BCUT2D eigenvalue weighted by Crippen LogP contribution is 2.42. The number of nitrogens with zero attached hydrogens (tertiary/aromatic N) is 1. The van der Waals surface area contributed by atoms with Gasteiger partial charge in [-0.2, -0.15) is 4.31 Å². The fourth-order valence-electron chi connectivity index (χ4n) is 5.16. The quantitative estimate of drug-likeness (QED) is 0.352. The predicted octanol–water partition coefficient (Wildman–Crippen LogP) is 1.94. The standard InChI is InChI=1S/C31H42N4O6S3.H2O/c1-25-6-12-28(13-7-25)42(36,37)31(43(38,39)29-14-8-26(2)9-15-29)24-34-19-4-18-32-21-22-33-20-5-23-35(31)44(40,41)30-16-10-27(3)11-17-30;/h6-17,32-34H,4-5,18-24H2,1-3H3;1H2. The molecule has 3 aromatic carbocycles. The van der Waals surface area contributed by atoms with Crippen LogP contribution in [-0.4, -0.2) is 85.1 Å². The van der Waals surface area contributed by atoms with E-state index in [9.17, 15) is 8.42 Å². The van der Waals surface area contributed by atoms with Gasteiger partial charge in [-0.05, 0) is 89.6 Å². The molecule has 1 saturated heterocycles. The summed E-state index contributed by atoms with van der Waals surface area (Å²) < 4.78 is 87.2. The van der Waals surface area contributed by atoms with Gasteiger partial charge in [-0.25, -0.2) is 25.3 Å². The molecule has 1 heterocycles. The molecule has 0 saturated carbocycles. The summed E-state index contributed by atoms with van der Waals surface area (Å²) >= 11 is 0. The molecule has 0 radical (unpaired) electrons. The van der Waals surface area contributed by atoms with E-state index in [0.29, 0.717) is 36.9 Å². The zero-order valence-corrected chi connectivity index (χ0v) is 28.4. The summed E-state index contributed by atoms with van der Waals surface area (Å²) in [5.74, 6) is 0. The third-order valence-corrected chi connectivity index (χ3v) is 15.4. The van der Waals surface area contributed by atoms with Gasteiger partial charge in [0.1, 0.15) is 0 Å². The lowest BCUT2D eigenvalue weighted by Crippen LogP contribution is -2.66. The predicted molar refractivity (Wildman–Crippen MR) is 176 cm³/mol. The van der Waals surface area contributed by atoms with E-state index in [4.69, 9.17) is 0 Å². The number of aryl methyl sites for hydroxylation is 3. The molecule has 1 fully saturated rings. The largest absolute Gasteiger partial charge is 0.412 e. The average molecular weight is 681 g/mol. The number of hydrogen-bond acceptors (Lipinski definition) is 9. The van der Waals surface area contributed by atoms with Crippen molar-refractivity contribution >= 4 is 29.7 Å². The highest BCUT2D eigenvalue weighted by Gasteiger charge is 2.63. The first-order valence-electron chi connectivity index (χ1n) is 14.7. The lowest BCUT2D eigenvalue weighted by Gasteiger charge is -2.41. The van der Waals surface area contributed by atoms with E-state index in [1.165, 1.54) is 36.4 Å². The van der Waals surface area contributed by atoms with Crippen LogP contribution in [0.2, 0.25) is 0 Å². The van der Waals surface area contributed by atoms with E-state index < -0.39 is 40.4 Å². The Morgan fingerprint density at radius 1 is 0.533 bits per heavy atom. The van der Waals surface area contributed by atoms with Crippen molar-refractivity contribution < 1.29 is 30.7 Å². The van der Waals surface area contributed by atoms with Crippen molar-refractivity contribution in [1.82, 2.24) is 20.3 Å². The third-order valence-electron chi connectivity index (χ3n) is 7.74. The molecule has 0 atom stereocenters. The Morgan fingerprint density at radius 2 is 0.911 bits per heavy atom. The Bertz CT molecular complexity index is 1650. The van der Waals surface area contributed by atoms with Gasteiger partial charge in [-0.15, -0.1) is 0 Å². The minimum absolute atomic E-state index is 0. The zero-order valence-electron chi connectivity index (χ0n) is 25.9. The van der Waals surface area contributed by atoms with Crippen LogP contribution in [0, 0.1) is 20.8 Å². The van der Waals surface area contributed by atoms with Crippen LogP contribution < -0.4 is 16.0 Å². The monoisotopic (exact) mass is 680 g/mol. The topological polar surface area (TPSA) is 173 Å². The van der Waals surface area contributed by atoms with Crippen molar-refractivity contribution in [3.8, 4) is 0 Å². The molecule has 0 spiro atoms. The molecule has 0 bridgehead atoms. The van der Waals surface area contributed by atoms with Gasteiger partial charge < -0.3 is 21.4 Å².